The van der Waals surface area contributed by atoms with Crippen molar-refractivity contribution in [2.75, 3.05) is 52.6 Å². The van der Waals surface area contributed by atoms with Crippen LogP contribution in [0.5, 0.6) is 11.5 Å². The van der Waals surface area contributed by atoms with E-state index in [2.05, 4.69) is 50.6 Å². The first-order valence-electron chi connectivity index (χ1n) is 36.5. The Kier molecular flexibility index (Phi) is 26.6. The molecule has 2 N–H and O–H groups in total. The van der Waals surface area contributed by atoms with Crippen molar-refractivity contribution in [2.45, 2.75) is 153 Å². The number of hydrogen-bond donors (Lipinski definition) is 2. The molecule has 9 aromatic rings. The maximum atomic E-state index is 15.9. The summed E-state index contributed by atoms with van der Waals surface area (Å²) in [7, 11) is -3.68. The first-order valence-corrected chi connectivity index (χ1v) is 39.1. The number of carbonyl (C=O) groups is 3. The summed E-state index contributed by atoms with van der Waals surface area (Å²) in [6.07, 6.45) is -1.24. The molecule has 6 aromatic carbocycles. The van der Waals surface area contributed by atoms with E-state index in [1.807, 2.05) is 142 Å². The number of nitrogens with zero attached hydrogens (tertiary/aromatic N) is 8. The number of ether oxygens (including phenoxy) is 6. The van der Waals surface area contributed by atoms with Crippen LogP contribution in [-0.4, -0.2) is 135 Å². The summed E-state index contributed by atoms with van der Waals surface area (Å²) in [5, 5.41) is 22.3. The van der Waals surface area contributed by atoms with Crippen LogP contribution in [0.15, 0.2) is 180 Å². The van der Waals surface area contributed by atoms with Crippen LogP contribution in [0.25, 0.3) is 22.3 Å². The quantitative estimate of drug-likeness (QED) is 0.0158. The number of H-pyrrole nitrogens is 1. The van der Waals surface area contributed by atoms with Crippen molar-refractivity contribution in [3.8, 4) is 34.8 Å². The summed E-state index contributed by atoms with van der Waals surface area (Å²) in [6.45, 7) is 8.49. The Morgan fingerprint density at radius 2 is 1.30 bits per heavy atom. The molecule has 574 valence electrons. The Morgan fingerprint density at radius 1 is 0.700 bits per heavy atom. The van der Waals surface area contributed by atoms with Gasteiger partial charge in [-0.3, -0.25) is 46.9 Å². The van der Waals surface area contributed by atoms with Gasteiger partial charge in [0.05, 0.1) is 78.1 Å². The van der Waals surface area contributed by atoms with E-state index in [-0.39, 0.29) is 117 Å². The summed E-state index contributed by atoms with van der Waals surface area (Å²) < 4.78 is 91.1. The minimum absolute atomic E-state index is 0.00314. The Bertz CT molecular complexity index is 4830. The number of nitrogens with one attached hydrogen (secondary N) is 2. The van der Waals surface area contributed by atoms with Crippen molar-refractivity contribution in [1.29, 1.82) is 10.5 Å². The van der Waals surface area contributed by atoms with E-state index >= 15 is 4.57 Å². The standard InChI is InChI=1S/C81H88N10O17P2/c1-52(2)91(53(3)4)109(102-42-16-40-82)107-68-44-72(89-46-54(5)78(94)88-80(89)96)106-71(68)49-104-110(97,103-43-17-41-83)108-69-45-73(105-70(69)48-101-81(57-18-9-8-10-19-57,58-31-36-61(98-6)37-32-58)59-33-38-62(99-7)39-34-59)90-51-86-75-76(84-50-85-77(75)90)87-79(95)56-29-26-55(27-30-56)28-35-60(92)20-15-25-74(93)100-47-67-65-23-13-11-21-63(65)64-22-12-14-24-66(64)67/h8-14,18-19,21-24,26-27,29-34,36-39,46,50-53,67-73H,15-17,20,25,28,35,42-45,47-49H2,1-7H3,(H,88,94,96)(H,84,85,87,95)/t68?,69?,70-,71-,72-,73-,109?,110?/m1/s1. The van der Waals surface area contributed by atoms with Gasteiger partial charge in [0.15, 0.2) is 17.0 Å². The second kappa shape index (κ2) is 36.7. The van der Waals surface area contributed by atoms with Crippen molar-refractivity contribution in [3.05, 3.63) is 236 Å². The molecule has 1 amide bonds. The fourth-order valence-electron chi connectivity index (χ4n) is 14.1. The number of rotatable bonds is 37. The first kappa shape index (κ1) is 79.6. The molecule has 0 saturated carbocycles. The van der Waals surface area contributed by atoms with E-state index < -0.39 is 89.2 Å². The van der Waals surface area contributed by atoms with Gasteiger partial charge in [-0.2, -0.15) is 10.5 Å². The van der Waals surface area contributed by atoms with Gasteiger partial charge in [-0.15, -0.1) is 0 Å². The van der Waals surface area contributed by atoms with Crippen LogP contribution >= 0.6 is 16.3 Å². The maximum absolute atomic E-state index is 15.9. The van der Waals surface area contributed by atoms with E-state index in [1.165, 1.54) is 23.4 Å². The van der Waals surface area contributed by atoms with E-state index in [0.29, 0.717) is 41.0 Å². The molecule has 8 atom stereocenters. The molecule has 0 spiro atoms. The zero-order chi connectivity index (χ0) is 77.5. The number of anilines is 1. The molecule has 5 heterocycles. The molecule has 3 aliphatic rings. The molecule has 110 heavy (non-hydrogen) atoms. The summed E-state index contributed by atoms with van der Waals surface area (Å²) in [4.78, 5) is 82.4. The van der Waals surface area contributed by atoms with Crippen LogP contribution in [0.4, 0.5) is 5.82 Å². The predicted octanol–water partition coefficient (Wildman–Crippen LogP) is 13.7. The molecular formula is C81H88N10O17P2. The number of Topliss-reactive ketones (excluding diaryl/α,β-unsaturated/α-hetero) is 1. The predicted molar refractivity (Wildman–Crippen MR) is 408 cm³/mol. The summed E-state index contributed by atoms with van der Waals surface area (Å²) in [5.74, 6) is 0.367. The lowest BCUT2D eigenvalue weighted by molar-refractivity contribution is -0.144. The number of ketones is 1. The average Bonchev–Trinajstić information content (AvgIpc) is 1.44. The maximum Gasteiger partial charge on any atom is 0.475 e. The topological polar surface area (TPSA) is 331 Å². The number of hydrogen-bond acceptors (Lipinski definition) is 23. The molecule has 3 aromatic heterocycles. The van der Waals surface area contributed by atoms with Crippen molar-refractivity contribution >= 4 is 51.0 Å². The fourth-order valence-corrected chi connectivity index (χ4v) is 17.2. The highest BCUT2D eigenvalue weighted by atomic mass is 31.2. The number of fused-ring (bicyclic) bond motifs is 4. The third kappa shape index (κ3) is 18.6. The van der Waals surface area contributed by atoms with Gasteiger partial charge in [-0.25, -0.2) is 29.0 Å². The molecule has 4 unspecified atom stereocenters. The number of benzene rings is 6. The number of carbonyl (C=O) groups excluding carboxylic acids is 3. The average molecular weight is 1540 g/mol. The lowest BCUT2D eigenvalue weighted by Crippen LogP contribution is -2.38. The summed E-state index contributed by atoms with van der Waals surface area (Å²) in [6, 6.07) is 51.6. The van der Waals surface area contributed by atoms with Gasteiger partial charge >= 0.3 is 19.5 Å². The van der Waals surface area contributed by atoms with Crippen LogP contribution in [0.1, 0.15) is 147 Å². The molecule has 0 radical (unpaired) electrons. The van der Waals surface area contributed by atoms with Crippen LogP contribution < -0.4 is 26.0 Å². The highest BCUT2D eigenvalue weighted by Gasteiger charge is 2.49. The van der Waals surface area contributed by atoms with Crippen molar-refractivity contribution < 1.29 is 70.0 Å². The molecular weight excluding hydrogens is 1450 g/mol. The fraction of sp³-hybridized carbons (Fsp3) is 0.383. The Balaban J connectivity index is 0.785. The number of aromatic amines is 1. The Hall–Kier alpha value is -9.96. The van der Waals surface area contributed by atoms with E-state index in [0.717, 1.165) is 33.4 Å². The van der Waals surface area contributed by atoms with E-state index in [9.17, 15) is 34.5 Å². The van der Waals surface area contributed by atoms with Crippen LogP contribution in [0.2, 0.25) is 0 Å². The van der Waals surface area contributed by atoms with Crippen molar-refractivity contribution in [1.82, 2.24) is 33.7 Å². The number of amides is 1. The minimum atomic E-state index is -4.90. The molecule has 2 aliphatic heterocycles. The summed E-state index contributed by atoms with van der Waals surface area (Å²) in [5.41, 5.74) is 5.73. The van der Waals surface area contributed by atoms with Crippen LogP contribution in [-0.2, 0) is 67.7 Å². The zero-order valence-corrected chi connectivity index (χ0v) is 64.0. The molecule has 1 aliphatic carbocycles. The van der Waals surface area contributed by atoms with Gasteiger partial charge in [0.25, 0.3) is 20.0 Å². The highest BCUT2D eigenvalue weighted by Crippen LogP contribution is 2.56. The van der Waals surface area contributed by atoms with Crippen molar-refractivity contribution in [2.24, 2.45) is 0 Å². The van der Waals surface area contributed by atoms with Gasteiger partial charge in [0.2, 0.25) is 0 Å². The molecule has 2 fully saturated rings. The zero-order valence-electron chi connectivity index (χ0n) is 62.2. The van der Waals surface area contributed by atoms with E-state index in [1.54, 1.807) is 50.0 Å². The third-order valence-corrected chi connectivity index (χ3v) is 23.1. The molecule has 27 nitrogen and oxygen atoms in total. The number of nitriles is 2. The molecule has 29 heteroatoms. The van der Waals surface area contributed by atoms with Crippen LogP contribution in [0, 0.1) is 29.6 Å². The van der Waals surface area contributed by atoms with Crippen LogP contribution in [0.3, 0.4) is 0 Å². The third-order valence-electron chi connectivity index (χ3n) is 19.5. The number of esters is 1. The number of phosphoric ester groups is 1. The van der Waals surface area contributed by atoms with Gasteiger partial charge in [0.1, 0.15) is 66.6 Å². The van der Waals surface area contributed by atoms with Crippen molar-refractivity contribution in [3.63, 3.8) is 0 Å². The lowest BCUT2D eigenvalue weighted by Gasteiger charge is -2.37. The lowest BCUT2D eigenvalue weighted by atomic mass is 9.80. The monoisotopic (exact) mass is 1530 g/mol. The number of methoxy groups -OCH3 is 2. The number of phosphoric acid groups is 1. The number of aromatic nitrogens is 6. The van der Waals surface area contributed by atoms with Gasteiger partial charge in [0, 0.05) is 67.4 Å². The molecule has 0 bridgehead atoms. The normalized spacial score (nSPS) is 18.4. The van der Waals surface area contributed by atoms with Gasteiger partial charge < -0.3 is 42.8 Å². The number of aryl methyl sites for hydroxylation is 2. The Labute approximate surface area is 638 Å². The number of imidazole rings is 1. The first-order chi connectivity index (χ1) is 53.3. The second-order valence-corrected chi connectivity index (χ2v) is 30.4. The SMILES string of the molecule is COc1ccc(C(OC[C@H]2O[C@@H](n3cnc4c(NC(=O)c5ccc(CCC(=O)CCCC(=O)OCC6c7ccccc7-c7ccccc76)cc5)ncnc43)CC2OP(=O)(OCCC#N)OC[C@H]2O[C@@H](n3cc(C)c(=O)[nH]c3=O)CC2OP(OCCC#N)N(C(C)C)C(C)C)(c2ccccc2)c2ccc(OC)cc2)cc1. The minimum Gasteiger partial charge on any atom is -0.497 e. The largest absolute Gasteiger partial charge is 0.497 e. The van der Waals surface area contributed by atoms with Gasteiger partial charge in [-0.05, 0) is 128 Å². The molecule has 2 saturated heterocycles. The molecule has 12 rings (SSSR count). The van der Waals surface area contributed by atoms with Gasteiger partial charge in [-0.1, -0.05) is 115 Å². The Morgan fingerprint density at radius 3 is 1.94 bits per heavy atom. The van der Waals surface area contributed by atoms with E-state index in [4.69, 9.17) is 56.0 Å². The second-order valence-electron chi connectivity index (χ2n) is 27.3. The smallest absolute Gasteiger partial charge is 0.475 e. The highest BCUT2D eigenvalue weighted by molar-refractivity contribution is 7.48. The summed E-state index contributed by atoms with van der Waals surface area (Å²) >= 11 is 0.